The Morgan fingerprint density at radius 2 is 1.66 bits per heavy atom. The molecule has 1 aliphatic carbocycles. The maximum absolute atomic E-state index is 13.4. The second-order valence-electron chi connectivity index (χ2n) is 8.35. The van der Waals surface area contributed by atoms with Gasteiger partial charge < -0.3 is 39.4 Å². The van der Waals surface area contributed by atoms with Gasteiger partial charge in [-0.3, -0.25) is 14.4 Å². The van der Waals surface area contributed by atoms with Crippen molar-refractivity contribution in [2.75, 3.05) is 13.7 Å². The molecule has 4 rings (SSSR count). The molecule has 4 N–H and O–H groups in total. The summed E-state index contributed by atoms with van der Waals surface area (Å²) in [5, 5.41) is 41.3. The number of phenolic OH excluding ortho intramolecular Hbond substituents is 1. The third kappa shape index (κ3) is 4.34. The zero-order valence-electron chi connectivity index (χ0n) is 19.0. The SMILES string of the molecule is COc1cc(O[C@@H]2O[C@H](COC(C)=O)[C@@H](O)[C@H](O)[C@H]2O)c2c(c1)C(=O)c1cc(C)cc(O)c1C2=O. The van der Waals surface area contributed by atoms with Crippen molar-refractivity contribution < 1.29 is 53.8 Å². The average molecular weight is 488 g/mol. The second-order valence-corrected chi connectivity index (χ2v) is 8.35. The van der Waals surface area contributed by atoms with Crippen LogP contribution >= 0.6 is 0 Å². The van der Waals surface area contributed by atoms with E-state index in [1.807, 2.05) is 0 Å². The minimum Gasteiger partial charge on any atom is -0.507 e. The number of aliphatic hydroxyl groups excluding tert-OH is 3. The van der Waals surface area contributed by atoms with Crippen LogP contribution in [0.3, 0.4) is 0 Å². The fraction of sp³-hybridized carbons (Fsp3) is 0.375. The van der Waals surface area contributed by atoms with E-state index < -0.39 is 54.8 Å². The Morgan fingerprint density at radius 1 is 0.971 bits per heavy atom. The lowest BCUT2D eigenvalue weighted by Crippen LogP contribution is -2.60. The smallest absolute Gasteiger partial charge is 0.302 e. The number of phenols is 1. The van der Waals surface area contributed by atoms with Crippen molar-refractivity contribution in [3.8, 4) is 17.2 Å². The summed E-state index contributed by atoms with van der Waals surface area (Å²) in [5.41, 5.74) is 0.152. The Morgan fingerprint density at radius 3 is 2.31 bits per heavy atom. The van der Waals surface area contributed by atoms with Gasteiger partial charge in [-0.05, 0) is 30.7 Å². The summed E-state index contributed by atoms with van der Waals surface area (Å²) >= 11 is 0. The van der Waals surface area contributed by atoms with Gasteiger partial charge in [0.15, 0.2) is 5.78 Å². The lowest BCUT2D eigenvalue weighted by atomic mass is 9.82. The monoisotopic (exact) mass is 488 g/mol. The summed E-state index contributed by atoms with van der Waals surface area (Å²) in [6.45, 7) is 2.38. The molecule has 2 aromatic rings. The van der Waals surface area contributed by atoms with Crippen LogP contribution < -0.4 is 9.47 Å². The van der Waals surface area contributed by atoms with Gasteiger partial charge in [0.2, 0.25) is 12.1 Å². The summed E-state index contributed by atoms with van der Waals surface area (Å²) in [5.74, 6) is -2.35. The van der Waals surface area contributed by atoms with E-state index in [1.165, 1.54) is 31.4 Å². The van der Waals surface area contributed by atoms with Crippen molar-refractivity contribution >= 4 is 17.5 Å². The molecule has 5 atom stereocenters. The van der Waals surface area contributed by atoms with Crippen LogP contribution in [-0.2, 0) is 14.3 Å². The number of carbonyl (C=O) groups is 3. The predicted molar refractivity (Wildman–Crippen MR) is 117 cm³/mol. The van der Waals surface area contributed by atoms with Crippen LogP contribution in [0.1, 0.15) is 44.3 Å². The van der Waals surface area contributed by atoms with E-state index in [1.54, 1.807) is 6.92 Å². The maximum atomic E-state index is 13.4. The number of aliphatic hydroxyl groups is 3. The Balaban J connectivity index is 1.75. The lowest BCUT2D eigenvalue weighted by molar-refractivity contribution is -0.278. The largest absolute Gasteiger partial charge is 0.507 e. The minimum atomic E-state index is -1.77. The highest BCUT2D eigenvalue weighted by Gasteiger charge is 2.46. The number of fused-ring (bicyclic) bond motifs is 2. The van der Waals surface area contributed by atoms with E-state index >= 15 is 0 Å². The highest BCUT2D eigenvalue weighted by Crippen LogP contribution is 2.40. The average Bonchev–Trinajstić information content (AvgIpc) is 2.80. The molecule has 2 aliphatic rings. The van der Waals surface area contributed by atoms with Crippen LogP contribution in [0, 0.1) is 6.92 Å². The quantitative estimate of drug-likeness (QED) is 0.363. The van der Waals surface area contributed by atoms with E-state index in [0.717, 1.165) is 6.92 Å². The maximum Gasteiger partial charge on any atom is 0.302 e. The number of aryl methyl sites for hydroxylation is 1. The Bertz CT molecular complexity index is 1200. The fourth-order valence-electron chi connectivity index (χ4n) is 4.15. The number of esters is 1. The first-order chi connectivity index (χ1) is 16.5. The number of ether oxygens (including phenoxy) is 4. The van der Waals surface area contributed by atoms with Crippen molar-refractivity contribution in [3.63, 3.8) is 0 Å². The predicted octanol–water partition coefficient (Wildman–Crippen LogP) is 0.234. The Kier molecular flexibility index (Phi) is 6.52. The number of hydrogen-bond acceptors (Lipinski definition) is 11. The molecular formula is C24H24O11. The molecule has 0 spiro atoms. The molecule has 0 bridgehead atoms. The molecular weight excluding hydrogens is 464 g/mol. The van der Waals surface area contributed by atoms with Crippen LogP contribution in [0.5, 0.6) is 17.2 Å². The molecule has 1 heterocycles. The molecule has 1 aliphatic heterocycles. The van der Waals surface area contributed by atoms with E-state index in [4.69, 9.17) is 18.9 Å². The van der Waals surface area contributed by atoms with Gasteiger partial charge in [0.1, 0.15) is 48.3 Å². The molecule has 186 valence electrons. The van der Waals surface area contributed by atoms with Gasteiger partial charge in [0.05, 0.1) is 18.2 Å². The van der Waals surface area contributed by atoms with Crippen LogP contribution in [0.25, 0.3) is 0 Å². The molecule has 0 radical (unpaired) electrons. The number of aromatic hydroxyl groups is 1. The Labute approximate surface area is 199 Å². The zero-order valence-corrected chi connectivity index (χ0v) is 19.0. The van der Waals surface area contributed by atoms with Gasteiger partial charge in [-0.25, -0.2) is 0 Å². The highest BCUT2D eigenvalue weighted by molar-refractivity contribution is 6.30. The van der Waals surface area contributed by atoms with Crippen molar-refractivity contribution in [1.82, 2.24) is 0 Å². The summed E-state index contributed by atoms with van der Waals surface area (Å²) < 4.78 is 21.3. The van der Waals surface area contributed by atoms with E-state index in [0.29, 0.717) is 5.56 Å². The standard InChI is InChI=1S/C24H24O11/c1-9-4-12-17(14(26)5-9)21(29)18-13(19(12)27)6-11(32-3)7-15(18)34-24-23(31)22(30)20(28)16(35-24)8-33-10(2)25/h4-7,16,20,22-24,26,28,30-31H,8H2,1-3H3/t16-,20-,22+,23-,24-/m1/s1. The first kappa shape index (κ1) is 24.6. The third-order valence-corrected chi connectivity index (χ3v) is 5.88. The summed E-state index contributed by atoms with van der Waals surface area (Å²) in [7, 11) is 1.34. The van der Waals surface area contributed by atoms with Crippen LogP contribution in [-0.4, -0.2) is 82.4 Å². The van der Waals surface area contributed by atoms with Crippen LogP contribution in [0.4, 0.5) is 0 Å². The Hall–Kier alpha value is -3.51. The van der Waals surface area contributed by atoms with E-state index in [-0.39, 0.29) is 39.5 Å². The number of benzene rings is 2. The normalized spacial score (nSPS) is 25.5. The molecule has 2 aromatic carbocycles. The molecule has 0 unspecified atom stereocenters. The van der Waals surface area contributed by atoms with E-state index in [9.17, 15) is 34.8 Å². The molecule has 1 fully saturated rings. The van der Waals surface area contributed by atoms with Crippen molar-refractivity contribution in [3.05, 3.63) is 52.1 Å². The van der Waals surface area contributed by atoms with E-state index in [2.05, 4.69) is 0 Å². The second kappa shape index (κ2) is 9.27. The van der Waals surface area contributed by atoms with Gasteiger partial charge in [-0.1, -0.05) is 0 Å². The number of hydrogen-bond donors (Lipinski definition) is 4. The van der Waals surface area contributed by atoms with Gasteiger partial charge in [0.25, 0.3) is 0 Å². The minimum absolute atomic E-state index is 0.0214. The number of rotatable bonds is 5. The molecule has 0 aromatic heterocycles. The molecule has 1 saturated heterocycles. The molecule has 0 amide bonds. The number of ketones is 2. The summed E-state index contributed by atoms with van der Waals surface area (Å²) in [4.78, 5) is 37.8. The third-order valence-electron chi connectivity index (χ3n) is 5.88. The highest BCUT2D eigenvalue weighted by atomic mass is 16.7. The molecule has 11 heteroatoms. The summed E-state index contributed by atoms with van der Waals surface area (Å²) in [6.07, 6.45) is -7.98. The van der Waals surface area contributed by atoms with Crippen molar-refractivity contribution in [2.24, 2.45) is 0 Å². The van der Waals surface area contributed by atoms with Gasteiger partial charge in [-0.2, -0.15) is 0 Å². The number of methoxy groups -OCH3 is 1. The van der Waals surface area contributed by atoms with Crippen molar-refractivity contribution in [1.29, 1.82) is 0 Å². The first-order valence-corrected chi connectivity index (χ1v) is 10.7. The van der Waals surface area contributed by atoms with Crippen LogP contribution in [0.2, 0.25) is 0 Å². The first-order valence-electron chi connectivity index (χ1n) is 10.7. The van der Waals surface area contributed by atoms with Crippen LogP contribution in [0.15, 0.2) is 24.3 Å². The van der Waals surface area contributed by atoms with Gasteiger partial charge >= 0.3 is 5.97 Å². The van der Waals surface area contributed by atoms with Crippen molar-refractivity contribution in [2.45, 2.75) is 44.6 Å². The lowest BCUT2D eigenvalue weighted by Gasteiger charge is -2.40. The number of carbonyl (C=O) groups excluding carboxylic acids is 3. The zero-order chi connectivity index (χ0) is 25.6. The topological polar surface area (TPSA) is 169 Å². The molecule has 35 heavy (non-hydrogen) atoms. The fourth-order valence-corrected chi connectivity index (χ4v) is 4.15. The van der Waals surface area contributed by atoms with Gasteiger partial charge in [0, 0.05) is 24.1 Å². The molecule has 0 saturated carbocycles. The van der Waals surface area contributed by atoms with Gasteiger partial charge in [-0.15, -0.1) is 0 Å². The molecule has 11 nitrogen and oxygen atoms in total. The summed E-state index contributed by atoms with van der Waals surface area (Å²) in [6, 6.07) is 5.48.